The van der Waals surface area contributed by atoms with Crippen LogP contribution in [0.2, 0.25) is 0 Å². The van der Waals surface area contributed by atoms with Gasteiger partial charge in [-0.15, -0.1) is 5.10 Å². The summed E-state index contributed by atoms with van der Waals surface area (Å²) in [5.41, 5.74) is 0.787. The lowest BCUT2D eigenvalue weighted by molar-refractivity contribution is -0.137. The summed E-state index contributed by atoms with van der Waals surface area (Å²) >= 11 is 0. The van der Waals surface area contributed by atoms with Crippen molar-refractivity contribution in [3.63, 3.8) is 0 Å². The standard InChI is InChI=1S/C26H20F3N5O3/c1-25(14-36-15-25)16-37-23-8-7-22-31-13-21(34(22)33-23)6-5-17-9-18(12-30-11-17)24(35)32-20-4-2-3-19(10-20)26(27,28)29/h2-4,7-13H,14-16H2,1H3,(H,32,35). The Morgan fingerprint density at radius 1 is 1.16 bits per heavy atom. The highest BCUT2D eigenvalue weighted by Crippen LogP contribution is 2.31. The summed E-state index contributed by atoms with van der Waals surface area (Å²) in [6, 6.07) is 9.40. The Hall–Kier alpha value is -4.43. The zero-order valence-electron chi connectivity index (χ0n) is 19.5. The van der Waals surface area contributed by atoms with Crippen molar-refractivity contribution in [1.82, 2.24) is 19.6 Å². The number of anilines is 1. The van der Waals surface area contributed by atoms with E-state index >= 15 is 0 Å². The average molecular weight is 507 g/mol. The third kappa shape index (κ3) is 5.54. The Bertz CT molecular complexity index is 1530. The number of aromatic nitrogens is 4. The van der Waals surface area contributed by atoms with Gasteiger partial charge in [0.2, 0.25) is 5.88 Å². The minimum Gasteiger partial charge on any atom is -0.476 e. The summed E-state index contributed by atoms with van der Waals surface area (Å²) in [4.78, 5) is 20.9. The number of pyridine rings is 1. The van der Waals surface area contributed by atoms with Crippen LogP contribution in [0.1, 0.15) is 34.1 Å². The maximum atomic E-state index is 12.9. The van der Waals surface area contributed by atoms with E-state index in [1.165, 1.54) is 30.6 Å². The molecule has 11 heteroatoms. The van der Waals surface area contributed by atoms with Crippen molar-refractivity contribution in [2.45, 2.75) is 13.1 Å². The smallest absolute Gasteiger partial charge is 0.416 e. The number of nitrogens with one attached hydrogen (secondary N) is 1. The number of rotatable bonds is 5. The highest BCUT2D eigenvalue weighted by Gasteiger charge is 2.34. The van der Waals surface area contributed by atoms with Gasteiger partial charge in [0.1, 0.15) is 5.69 Å². The summed E-state index contributed by atoms with van der Waals surface area (Å²) in [5, 5.41) is 6.91. The van der Waals surface area contributed by atoms with E-state index in [0.29, 0.717) is 42.6 Å². The van der Waals surface area contributed by atoms with Crippen LogP contribution in [-0.2, 0) is 10.9 Å². The Morgan fingerprint density at radius 2 is 2.00 bits per heavy atom. The predicted molar refractivity (Wildman–Crippen MR) is 127 cm³/mol. The first-order chi connectivity index (χ1) is 17.7. The van der Waals surface area contributed by atoms with Crippen LogP contribution in [0.15, 0.2) is 61.1 Å². The van der Waals surface area contributed by atoms with E-state index in [9.17, 15) is 18.0 Å². The van der Waals surface area contributed by atoms with E-state index in [1.54, 1.807) is 22.8 Å². The van der Waals surface area contributed by atoms with Gasteiger partial charge >= 0.3 is 6.18 Å². The number of alkyl halides is 3. The van der Waals surface area contributed by atoms with E-state index in [1.807, 2.05) is 0 Å². The number of benzene rings is 1. The molecule has 4 heterocycles. The van der Waals surface area contributed by atoms with Gasteiger partial charge in [0.05, 0.1) is 37.1 Å². The largest absolute Gasteiger partial charge is 0.476 e. The predicted octanol–water partition coefficient (Wildman–Crippen LogP) is 4.21. The highest BCUT2D eigenvalue weighted by molar-refractivity contribution is 6.04. The Kier molecular flexibility index (Phi) is 6.27. The zero-order chi connectivity index (χ0) is 26.0. The number of fused-ring (bicyclic) bond motifs is 1. The second-order valence-electron chi connectivity index (χ2n) is 8.92. The topological polar surface area (TPSA) is 90.6 Å². The molecule has 8 nitrogen and oxygen atoms in total. The van der Waals surface area contributed by atoms with Crippen molar-refractivity contribution in [3.05, 3.63) is 83.4 Å². The lowest BCUT2D eigenvalue weighted by Gasteiger charge is -2.37. The SMILES string of the molecule is CC1(COc2ccc3ncc(C#Cc4cncc(C(=O)Nc5cccc(C(F)(F)F)c5)c4)n3n2)COC1. The molecule has 1 aromatic carbocycles. The van der Waals surface area contributed by atoms with Crippen LogP contribution in [0.5, 0.6) is 5.88 Å². The lowest BCUT2D eigenvalue weighted by Crippen LogP contribution is -2.44. The van der Waals surface area contributed by atoms with E-state index in [2.05, 4.69) is 39.1 Å². The number of nitrogens with zero attached hydrogens (tertiary/aromatic N) is 4. The molecule has 0 saturated carbocycles. The quantitative estimate of drug-likeness (QED) is 0.407. The van der Waals surface area contributed by atoms with Crippen molar-refractivity contribution >= 4 is 17.2 Å². The molecule has 4 aromatic rings. The van der Waals surface area contributed by atoms with E-state index in [-0.39, 0.29) is 16.7 Å². The van der Waals surface area contributed by atoms with Gasteiger partial charge in [-0.1, -0.05) is 18.9 Å². The molecule has 1 aliphatic heterocycles. The third-order valence-corrected chi connectivity index (χ3v) is 5.59. The molecule has 0 radical (unpaired) electrons. The number of carbonyl (C=O) groups is 1. The van der Waals surface area contributed by atoms with E-state index < -0.39 is 17.6 Å². The van der Waals surface area contributed by atoms with Gasteiger partial charge in [-0.25, -0.2) is 9.50 Å². The van der Waals surface area contributed by atoms with Crippen molar-refractivity contribution < 1.29 is 27.4 Å². The maximum absolute atomic E-state index is 12.9. The number of carbonyl (C=O) groups excluding carboxylic acids is 1. The van der Waals surface area contributed by atoms with Gasteiger partial charge in [0.15, 0.2) is 5.65 Å². The minimum atomic E-state index is -4.51. The van der Waals surface area contributed by atoms with Gasteiger partial charge in [0, 0.05) is 35.1 Å². The Labute approximate surface area is 209 Å². The number of amides is 1. The van der Waals surface area contributed by atoms with Crippen molar-refractivity contribution in [2.75, 3.05) is 25.1 Å². The van der Waals surface area contributed by atoms with Crippen LogP contribution in [0.3, 0.4) is 0 Å². The summed E-state index contributed by atoms with van der Waals surface area (Å²) in [6.07, 6.45) is -0.166. The molecule has 1 saturated heterocycles. The fourth-order valence-corrected chi connectivity index (χ4v) is 3.55. The van der Waals surface area contributed by atoms with Crippen molar-refractivity contribution in [3.8, 4) is 17.7 Å². The summed E-state index contributed by atoms with van der Waals surface area (Å²) in [5.74, 6) is 5.70. The van der Waals surface area contributed by atoms with Gasteiger partial charge in [-0.3, -0.25) is 9.78 Å². The fraction of sp³-hybridized carbons (Fsp3) is 0.231. The van der Waals surface area contributed by atoms with Gasteiger partial charge in [0.25, 0.3) is 5.91 Å². The molecule has 3 aromatic heterocycles. The molecule has 1 fully saturated rings. The Morgan fingerprint density at radius 3 is 2.76 bits per heavy atom. The second-order valence-corrected chi connectivity index (χ2v) is 8.92. The number of halogens is 3. The third-order valence-electron chi connectivity index (χ3n) is 5.59. The molecular formula is C26H20F3N5O3. The molecule has 1 aliphatic rings. The van der Waals surface area contributed by atoms with Gasteiger partial charge < -0.3 is 14.8 Å². The fourth-order valence-electron chi connectivity index (χ4n) is 3.55. The summed E-state index contributed by atoms with van der Waals surface area (Å²) < 4.78 is 51.5. The normalized spacial score (nSPS) is 14.4. The lowest BCUT2D eigenvalue weighted by atomic mass is 9.90. The molecule has 1 N–H and O–H groups in total. The second kappa shape index (κ2) is 9.55. The molecular weight excluding hydrogens is 487 g/mol. The molecule has 188 valence electrons. The number of ether oxygens (including phenoxy) is 2. The monoisotopic (exact) mass is 507 g/mol. The first-order valence-corrected chi connectivity index (χ1v) is 11.2. The van der Waals surface area contributed by atoms with Gasteiger partial charge in [-0.2, -0.15) is 13.2 Å². The van der Waals surface area contributed by atoms with Crippen molar-refractivity contribution in [1.29, 1.82) is 0 Å². The highest BCUT2D eigenvalue weighted by atomic mass is 19.4. The average Bonchev–Trinajstić information content (AvgIpc) is 3.27. The Balaban J connectivity index is 1.32. The molecule has 5 rings (SSSR count). The molecule has 37 heavy (non-hydrogen) atoms. The van der Waals surface area contributed by atoms with Crippen LogP contribution in [0, 0.1) is 17.3 Å². The first kappa shape index (κ1) is 24.3. The summed E-state index contributed by atoms with van der Waals surface area (Å²) in [7, 11) is 0. The van der Waals surface area contributed by atoms with E-state index in [4.69, 9.17) is 9.47 Å². The van der Waals surface area contributed by atoms with Crippen LogP contribution in [0.25, 0.3) is 5.65 Å². The summed E-state index contributed by atoms with van der Waals surface area (Å²) in [6.45, 7) is 3.83. The first-order valence-electron chi connectivity index (χ1n) is 11.2. The number of imidazole rings is 1. The molecule has 0 bridgehead atoms. The maximum Gasteiger partial charge on any atom is 0.416 e. The number of hydrogen-bond acceptors (Lipinski definition) is 6. The zero-order valence-corrected chi connectivity index (χ0v) is 19.5. The molecule has 0 aliphatic carbocycles. The molecule has 0 unspecified atom stereocenters. The number of hydrogen-bond donors (Lipinski definition) is 1. The van der Waals surface area contributed by atoms with E-state index in [0.717, 1.165) is 12.1 Å². The molecule has 0 spiro atoms. The molecule has 1 amide bonds. The van der Waals surface area contributed by atoms with Crippen LogP contribution >= 0.6 is 0 Å². The van der Waals surface area contributed by atoms with Crippen LogP contribution < -0.4 is 10.1 Å². The van der Waals surface area contributed by atoms with Crippen molar-refractivity contribution in [2.24, 2.45) is 5.41 Å². The van der Waals surface area contributed by atoms with Crippen LogP contribution in [-0.4, -0.2) is 45.3 Å². The van der Waals surface area contributed by atoms with Gasteiger partial charge in [-0.05, 0) is 36.3 Å². The minimum absolute atomic E-state index is 0.0185. The van der Waals surface area contributed by atoms with Crippen LogP contribution in [0.4, 0.5) is 18.9 Å². The molecule has 0 atom stereocenters.